The van der Waals surface area contributed by atoms with Crippen LogP contribution < -0.4 is 10.1 Å². The third-order valence-corrected chi connectivity index (χ3v) is 5.90. The van der Waals surface area contributed by atoms with E-state index in [1.807, 2.05) is 7.05 Å². The van der Waals surface area contributed by atoms with E-state index < -0.39 is 10.0 Å². The van der Waals surface area contributed by atoms with Crippen molar-refractivity contribution < 1.29 is 13.2 Å². The largest absolute Gasteiger partial charge is 0.493 e. The molecule has 1 aromatic carbocycles. The summed E-state index contributed by atoms with van der Waals surface area (Å²) < 4.78 is 32.3. The molecule has 2 aliphatic rings. The fraction of sp³-hybridized carbons (Fsp3) is 0.571. The molecule has 1 aromatic rings. The van der Waals surface area contributed by atoms with E-state index >= 15 is 0 Å². The highest BCUT2D eigenvalue weighted by molar-refractivity contribution is 7.89. The van der Waals surface area contributed by atoms with Gasteiger partial charge in [0.1, 0.15) is 5.75 Å². The molecule has 1 N–H and O–H groups in total. The van der Waals surface area contributed by atoms with E-state index in [2.05, 4.69) is 5.32 Å². The Hall–Kier alpha value is -1.11. The Morgan fingerprint density at radius 2 is 2.30 bits per heavy atom. The molecular weight excluding hydrogens is 276 g/mol. The summed E-state index contributed by atoms with van der Waals surface area (Å²) in [6.45, 7) is 2.73. The Morgan fingerprint density at radius 1 is 1.45 bits per heavy atom. The van der Waals surface area contributed by atoms with Crippen molar-refractivity contribution in [1.82, 2.24) is 9.62 Å². The van der Waals surface area contributed by atoms with E-state index in [0.29, 0.717) is 30.5 Å². The van der Waals surface area contributed by atoms with E-state index in [0.717, 1.165) is 30.7 Å². The summed E-state index contributed by atoms with van der Waals surface area (Å²) in [4.78, 5) is 0.395. The molecule has 2 heterocycles. The van der Waals surface area contributed by atoms with Gasteiger partial charge in [-0.25, -0.2) is 8.42 Å². The molecule has 3 rings (SSSR count). The van der Waals surface area contributed by atoms with Crippen LogP contribution >= 0.6 is 0 Å². The molecule has 20 heavy (non-hydrogen) atoms. The van der Waals surface area contributed by atoms with Gasteiger partial charge in [-0.05, 0) is 49.7 Å². The van der Waals surface area contributed by atoms with Crippen LogP contribution in [0.3, 0.4) is 0 Å². The molecule has 0 radical (unpaired) electrons. The summed E-state index contributed by atoms with van der Waals surface area (Å²) in [5, 5.41) is 3.12. The van der Waals surface area contributed by atoms with Crippen molar-refractivity contribution in [2.45, 2.75) is 17.7 Å². The van der Waals surface area contributed by atoms with Crippen molar-refractivity contribution in [3.63, 3.8) is 0 Å². The van der Waals surface area contributed by atoms with Gasteiger partial charge in [0, 0.05) is 19.5 Å². The Morgan fingerprint density at radius 3 is 3.10 bits per heavy atom. The van der Waals surface area contributed by atoms with Gasteiger partial charge in [0.2, 0.25) is 10.0 Å². The maximum Gasteiger partial charge on any atom is 0.243 e. The molecule has 1 fully saturated rings. The number of nitrogens with zero attached hydrogens (tertiary/aromatic N) is 1. The predicted molar refractivity (Wildman–Crippen MR) is 76.4 cm³/mol. The Bertz CT molecular complexity index is 600. The summed E-state index contributed by atoms with van der Waals surface area (Å²) in [6, 6.07) is 5.20. The molecule has 1 saturated heterocycles. The van der Waals surface area contributed by atoms with Crippen LogP contribution in [0.25, 0.3) is 0 Å². The summed E-state index contributed by atoms with van der Waals surface area (Å²) in [6.07, 6.45) is 1.72. The number of ether oxygens (including phenoxy) is 1. The number of hydrogen-bond acceptors (Lipinski definition) is 4. The maximum absolute atomic E-state index is 12.6. The van der Waals surface area contributed by atoms with Crippen LogP contribution in [0, 0.1) is 5.92 Å². The number of fused-ring (bicyclic) bond motifs is 1. The second-order valence-electron chi connectivity index (χ2n) is 5.44. The molecule has 2 aliphatic heterocycles. The maximum atomic E-state index is 12.6. The molecule has 0 aromatic heterocycles. The third kappa shape index (κ3) is 2.43. The van der Waals surface area contributed by atoms with E-state index in [1.54, 1.807) is 22.5 Å². The smallest absolute Gasteiger partial charge is 0.243 e. The van der Waals surface area contributed by atoms with Gasteiger partial charge >= 0.3 is 0 Å². The number of benzene rings is 1. The minimum atomic E-state index is -3.36. The summed E-state index contributed by atoms with van der Waals surface area (Å²) in [5.74, 6) is 1.23. The molecule has 110 valence electrons. The molecule has 1 atom stereocenters. The lowest BCUT2D eigenvalue weighted by atomic mass is 10.1. The van der Waals surface area contributed by atoms with E-state index in [9.17, 15) is 8.42 Å². The average Bonchev–Trinajstić information content (AvgIpc) is 3.06. The van der Waals surface area contributed by atoms with Crippen LogP contribution in [0.15, 0.2) is 23.1 Å². The summed E-state index contributed by atoms with van der Waals surface area (Å²) >= 11 is 0. The van der Waals surface area contributed by atoms with Crippen molar-refractivity contribution >= 4 is 10.0 Å². The Balaban J connectivity index is 1.82. The summed E-state index contributed by atoms with van der Waals surface area (Å²) in [5.41, 5.74) is 0.997. The molecule has 0 saturated carbocycles. The average molecular weight is 296 g/mol. The minimum Gasteiger partial charge on any atom is -0.493 e. The van der Waals surface area contributed by atoms with Crippen LogP contribution in [0.4, 0.5) is 0 Å². The minimum absolute atomic E-state index is 0.395. The second kappa shape index (κ2) is 5.35. The van der Waals surface area contributed by atoms with Crippen LogP contribution in [0.1, 0.15) is 12.0 Å². The number of nitrogens with one attached hydrogen (secondary N) is 1. The van der Waals surface area contributed by atoms with Crippen molar-refractivity contribution in [3.05, 3.63) is 23.8 Å². The number of hydrogen-bond donors (Lipinski definition) is 1. The molecule has 6 heteroatoms. The van der Waals surface area contributed by atoms with Crippen LogP contribution in [-0.2, 0) is 16.4 Å². The molecule has 0 bridgehead atoms. The van der Waals surface area contributed by atoms with Gasteiger partial charge in [0.25, 0.3) is 0 Å². The van der Waals surface area contributed by atoms with Crippen LogP contribution in [-0.4, -0.2) is 46.0 Å². The highest BCUT2D eigenvalue weighted by Crippen LogP contribution is 2.30. The number of sulfonamides is 1. The van der Waals surface area contributed by atoms with Crippen molar-refractivity contribution in [1.29, 1.82) is 0 Å². The van der Waals surface area contributed by atoms with Gasteiger partial charge in [0.15, 0.2) is 0 Å². The first kappa shape index (κ1) is 13.9. The fourth-order valence-electron chi connectivity index (χ4n) is 2.94. The standard InChI is InChI=1S/C14H20N2O3S/c1-15-9-11-4-6-16(10-11)20(17,18)13-2-3-14-12(8-13)5-7-19-14/h2-3,8,11,15H,4-7,9-10H2,1H3. The zero-order valence-corrected chi connectivity index (χ0v) is 12.4. The lowest BCUT2D eigenvalue weighted by Gasteiger charge is -2.17. The van der Waals surface area contributed by atoms with Gasteiger partial charge in [-0.1, -0.05) is 0 Å². The Labute approximate surface area is 120 Å². The van der Waals surface area contributed by atoms with Crippen molar-refractivity contribution in [3.8, 4) is 5.75 Å². The van der Waals surface area contributed by atoms with Gasteiger partial charge in [0.05, 0.1) is 11.5 Å². The topological polar surface area (TPSA) is 58.6 Å². The highest BCUT2D eigenvalue weighted by Gasteiger charge is 2.32. The van der Waals surface area contributed by atoms with E-state index in [-0.39, 0.29) is 0 Å². The normalized spacial score (nSPS) is 22.8. The van der Waals surface area contributed by atoms with Crippen LogP contribution in [0.5, 0.6) is 5.75 Å². The zero-order chi connectivity index (χ0) is 14.2. The lowest BCUT2D eigenvalue weighted by Crippen LogP contribution is -2.30. The first-order valence-corrected chi connectivity index (χ1v) is 8.46. The third-order valence-electron chi connectivity index (χ3n) is 4.04. The quantitative estimate of drug-likeness (QED) is 0.895. The number of rotatable bonds is 4. The van der Waals surface area contributed by atoms with Gasteiger partial charge in [-0.3, -0.25) is 0 Å². The van der Waals surface area contributed by atoms with Gasteiger partial charge in [-0.2, -0.15) is 4.31 Å². The molecular formula is C14H20N2O3S. The zero-order valence-electron chi connectivity index (χ0n) is 11.6. The Kier molecular flexibility index (Phi) is 3.70. The van der Waals surface area contributed by atoms with Crippen molar-refractivity contribution in [2.75, 3.05) is 33.3 Å². The van der Waals surface area contributed by atoms with Gasteiger partial charge in [-0.15, -0.1) is 0 Å². The molecule has 5 nitrogen and oxygen atoms in total. The molecule has 0 spiro atoms. The first-order chi connectivity index (χ1) is 9.61. The fourth-order valence-corrected chi connectivity index (χ4v) is 4.53. The van der Waals surface area contributed by atoms with Crippen molar-refractivity contribution in [2.24, 2.45) is 5.92 Å². The van der Waals surface area contributed by atoms with E-state index in [4.69, 9.17) is 4.74 Å². The monoisotopic (exact) mass is 296 g/mol. The lowest BCUT2D eigenvalue weighted by molar-refractivity contribution is 0.356. The second-order valence-corrected chi connectivity index (χ2v) is 7.38. The summed E-state index contributed by atoms with van der Waals surface area (Å²) in [7, 11) is -1.46. The van der Waals surface area contributed by atoms with Crippen LogP contribution in [0.2, 0.25) is 0 Å². The molecule has 0 amide bonds. The van der Waals surface area contributed by atoms with Gasteiger partial charge < -0.3 is 10.1 Å². The SMILES string of the molecule is CNCC1CCN(S(=O)(=O)c2ccc3c(c2)CCO3)C1. The molecule has 1 unspecified atom stereocenters. The predicted octanol–water partition coefficient (Wildman–Crippen LogP) is 0.852. The highest BCUT2D eigenvalue weighted by atomic mass is 32.2. The molecule has 0 aliphatic carbocycles. The van der Waals surface area contributed by atoms with E-state index in [1.165, 1.54) is 0 Å². The first-order valence-electron chi connectivity index (χ1n) is 7.02.